The number of allylic oxidation sites excluding steroid dienone is 2. The predicted molar refractivity (Wildman–Crippen MR) is 94.8 cm³/mol. The number of rotatable bonds is 1. The van der Waals surface area contributed by atoms with E-state index in [0.717, 1.165) is 28.2 Å². The molecule has 2 heterocycles. The Labute approximate surface area is 159 Å². The highest BCUT2D eigenvalue weighted by Crippen LogP contribution is 2.44. The molecule has 0 aliphatic carbocycles. The van der Waals surface area contributed by atoms with E-state index in [9.17, 15) is 4.79 Å². The van der Waals surface area contributed by atoms with Crippen LogP contribution in [-0.4, -0.2) is 9.78 Å². The molecule has 1 aromatic heterocycles. The van der Waals surface area contributed by atoms with E-state index >= 15 is 0 Å². The van der Waals surface area contributed by atoms with Crippen LogP contribution in [0.1, 0.15) is 0 Å². The van der Waals surface area contributed by atoms with E-state index in [2.05, 4.69) is 5.10 Å². The van der Waals surface area contributed by atoms with Gasteiger partial charge in [-0.15, -0.1) is 0 Å². The van der Waals surface area contributed by atoms with Gasteiger partial charge in [0.05, 0.1) is 36.7 Å². The fourth-order valence-electron chi connectivity index (χ4n) is 1.89. The largest absolute Gasteiger partial charge is 0.286 e. The van der Waals surface area contributed by atoms with Gasteiger partial charge in [0.15, 0.2) is 0 Å². The van der Waals surface area contributed by atoms with Crippen LogP contribution in [0.15, 0.2) is 42.7 Å². The van der Waals surface area contributed by atoms with Gasteiger partial charge in [0, 0.05) is 0 Å². The van der Waals surface area contributed by atoms with Gasteiger partial charge in [0.25, 0.3) is 5.56 Å². The summed E-state index contributed by atoms with van der Waals surface area (Å²) >= 11 is 19.9. The molecule has 1 aliphatic rings. The lowest BCUT2D eigenvalue weighted by molar-refractivity contribution is 0.756. The Morgan fingerprint density at radius 1 is 1.04 bits per heavy atom. The number of thioether (sulfide) groups is 2. The summed E-state index contributed by atoms with van der Waals surface area (Å²) in [4.78, 5) is 14.0. The van der Waals surface area contributed by atoms with Crippen molar-refractivity contribution in [1.82, 2.24) is 9.78 Å². The minimum Gasteiger partial charge on any atom is -0.266 e. The molecule has 0 radical (unpaired) electrons. The van der Waals surface area contributed by atoms with Crippen LogP contribution in [0, 0.1) is 22.7 Å². The van der Waals surface area contributed by atoms with E-state index in [4.69, 9.17) is 45.3 Å². The van der Waals surface area contributed by atoms with Crippen LogP contribution in [0.5, 0.6) is 0 Å². The molecule has 0 unspecified atom stereocenters. The number of benzene rings is 1. The van der Waals surface area contributed by atoms with Crippen molar-refractivity contribution in [2.24, 2.45) is 0 Å². The van der Waals surface area contributed by atoms with E-state index in [1.807, 2.05) is 12.1 Å². The second kappa shape index (κ2) is 6.72. The van der Waals surface area contributed by atoms with Crippen molar-refractivity contribution >= 4 is 58.3 Å². The maximum atomic E-state index is 12.7. The maximum Gasteiger partial charge on any atom is 0.286 e. The zero-order valence-electron chi connectivity index (χ0n) is 11.4. The van der Waals surface area contributed by atoms with Crippen LogP contribution in [0.4, 0.5) is 0 Å². The minimum atomic E-state index is -0.441. The van der Waals surface area contributed by atoms with Gasteiger partial charge in [-0.25, -0.2) is 0 Å². The maximum absolute atomic E-state index is 12.7. The third-order valence-corrected chi connectivity index (χ3v) is 6.52. The van der Waals surface area contributed by atoms with Crippen molar-refractivity contribution < 1.29 is 0 Å². The number of aromatic nitrogens is 2. The Bertz CT molecular complexity index is 1030. The predicted octanol–water partition coefficient (Wildman–Crippen LogP) is 4.65. The fraction of sp³-hybridized carbons (Fsp3) is 0. The van der Waals surface area contributed by atoms with Crippen LogP contribution in [0.3, 0.4) is 0 Å². The first kappa shape index (κ1) is 17.2. The lowest BCUT2D eigenvalue weighted by Crippen LogP contribution is -2.23. The summed E-state index contributed by atoms with van der Waals surface area (Å²) in [6.07, 6.45) is 1.45. The van der Waals surface area contributed by atoms with Gasteiger partial charge in [-0.1, -0.05) is 58.3 Å². The molecule has 10 heteroatoms. The van der Waals surface area contributed by atoms with Crippen molar-refractivity contribution in [2.75, 3.05) is 0 Å². The second-order valence-electron chi connectivity index (χ2n) is 4.36. The first-order valence-corrected chi connectivity index (χ1v) is 8.90. The van der Waals surface area contributed by atoms with Gasteiger partial charge < -0.3 is 0 Å². The van der Waals surface area contributed by atoms with Gasteiger partial charge in [0.1, 0.15) is 21.9 Å². The lowest BCUT2D eigenvalue weighted by atomic mass is 10.3. The Morgan fingerprint density at radius 2 is 1.62 bits per heavy atom. The average Bonchev–Trinajstić information content (AvgIpc) is 2.58. The molecule has 0 atom stereocenters. The van der Waals surface area contributed by atoms with Crippen LogP contribution in [0.25, 0.3) is 5.69 Å². The number of nitriles is 2. The molecule has 24 heavy (non-hydrogen) atoms. The third kappa shape index (κ3) is 2.90. The number of hydrogen-bond acceptors (Lipinski definition) is 6. The van der Waals surface area contributed by atoms with E-state index in [1.54, 1.807) is 0 Å². The Kier molecular flexibility index (Phi) is 4.82. The van der Waals surface area contributed by atoms with E-state index in [0.29, 0.717) is 15.5 Å². The van der Waals surface area contributed by atoms with Crippen LogP contribution in [0.2, 0.25) is 15.1 Å². The van der Waals surface area contributed by atoms with Crippen molar-refractivity contribution in [3.8, 4) is 17.8 Å². The topological polar surface area (TPSA) is 82.5 Å². The molecule has 0 fully saturated rings. The zero-order valence-corrected chi connectivity index (χ0v) is 15.3. The van der Waals surface area contributed by atoms with E-state index in [1.165, 1.54) is 18.3 Å². The van der Waals surface area contributed by atoms with Crippen LogP contribution >= 0.6 is 58.3 Å². The summed E-state index contributed by atoms with van der Waals surface area (Å²) in [6, 6.07) is 6.82. The lowest BCUT2D eigenvalue weighted by Gasteiger charge is -2.15. The molecule has 1 aromatic carbocycles. The summed E-state index contributed by atoms with van der Waals surface area (Å²) in [5.74, 6) is 0. The van der Waals surface area contributed by atoms with Gasteiger partial charge in [-0.3, -0.25) is 4.79 Å². The van der Waals surface area contributed by atoms with Crippen molar-refractivity contribution in [1.29, 1.82) is 10.5 Å². The molecule has 0 saturated carbocycles. The monoisotopic (exact) mass is 412 g/mol. The minimum absolute atomic E-state index is 0.178. The summed E-state index contributed by atoms with van der Waals surface area (Å²) in [6.45, 7) is 0. The number of halogens is 3. The normalized spacial score (nSPS) is 13.2. The molecular formula is C14H3Cl3N4OS2. The molecule has 0 N–H and O–H groups in total. The Balaban J connectivity index is 2.17. The number of hydrogen-bond donors (Lipinski definition) is 0. The molecule has 0 spiro atoms. The number of nitrogens with zero attached hydrogens (tertiary/aromatic N) is 4. The van der Waals surface area contributed by atoms with Crippen molar-refractivity contribution in [2.45, 2.75) is 9.79 Å². The summed E-state index contributed by atoms with van der Waals surface area (Å²) in [5, 5.41) is 22.9. The summed E-state index contributed by atoms with van der Waals surface area (Å²) in [7, 11) is 0. The Morgan fingerprint density at radius 3 is 2.21 bits per heavy atom. The summed E-state index contributed by atoms with van der Waals surface area (Å²) in [5.41, 5.74) is -0.0921. The standard InChI is InChI=1S/C14H3Cl3N4OS2/c15-7-1-6(2-8(16)12(7)17)21-14(22)13-11(5-20-21)23-9(3-18)10(4-19)24-13/h1-2,5H. The molecule has 0 amide bonds. The highest BCUT2D eigenvalue weighted by molar-refractivity contribution is 8.09. The first-order valence-electron chi connectivity index (χ1n) is 6.13. The highest BCUT2D eigenvalue weighted by Gasteiger charge is 2.24. The summed E-state index contributed by atoms with van der Waals surface area (Å²) < 4.78 is 1.12. The highest BCUT2D eigenvalue weighted by atomic mass is 35.5. The molecule has 2 aromatic rings. The van der Waals surface area contributed by atoms with E-state index in [-0.39, 0.29) is 24.9 Å². The Hall–Kier alpha value is -1.61. The fourth-order valence-corrected chi connectivity index (χ4v) is 4.37. The van der Waals surface area contributed by atoms with Crippen molar-refractivity contribution in [3.05, 3.63) is 53.6 Å². The molecular weight excluding hydrogens is 411 g/mol. The van der Waals surface area contributed by atoms with Crippen LogP contribution < -0.4 is 5.56 Å². The second-order valence-corrected chi connectivity index (χ2v) is 7.63. The van der Waals surface area contributed by atoms with E-state index < -0.39 is 5.56 Å². The van der Waals surface area contributed by atoms with Gasteiger partial charge in [-0.05, 0) is 12.1 Å². The zero-order chi connectivity index (χ0) is 17.4. The quantitative estimate of drug-likeness (QED) is 0.633. The average molecular weight is 414 g/mol. The third-order valence-electron chi connectivity index (χ3n) is 2.94. The molecule has 0 saturated heterocycles. The smallest absolute Gasteiger partial charge is 0.266 e. The van der Waals surface area contributed by atoms with Gasteiger partial charge in [-0.2, -0.15) is 20.3 Å². The number of fused-ring (bicyclic) bond motifs is 1. The molecule has 5 nitrogen and oxygen atoms in total. The molecule has 118 valence electrons. The first-order chi connectivity index (χ1) is 11.5. The molecule has 3 rings (SSSR count). The van der Waals surface area contributed by atoms with Gasteiger partial charge >= 0.3 is 0 Å². The SMILES string of the molecule is N#CC1=C(C#N)Sc2c(cnn(-c3cc(Cl)c(Cl)c(Cl)c3)c2=O)S1. The van der Waals surface area contributed by atoms with Crippen molar-refractivity contribution in [3.63, 3.8) is 0 Å². The van der Waals surface area contributed by atoms with Crippen LogP contribution in [-0.2, 0) is 0 Å². The van der Waals surface area contributed by atoms with Gasteiger partial charge in [0.2, 0.25) is 0 Å². The molecule has 0 bridgehead atoms. The molecule has 1 aliphatic heterocycles.